The number of nitrogens with zero attached hydrogens (tertiary/aromatic N) is 1. The number of rotatable bonds is 3. The van der Waals surface area contributed by atoms with Crippen LogP contribution in [0.25, 0.3) is 0 Å². The quantitative estimate of drug-likeness (QED) is 0.715. The molecule has 10 heteroatoms. The molecule has 1 aliphatic rings. The van der Waals surface area contributed by atoms with E-state index in [9.17, 15) is 26.0 Å². The molecule has 3 rings (SSSR count). The molecule has 1 aromatic heterocycles. The van der Waals surface area contributed by atoms with Crippen LogP contribution in [-0.2, 0) is 14.6 Å². The van der Waals surface area contributed by atoms with Crippen LogP contribution in [0.3, 0.4) is 0 Å². The molecule has 0 amide bonds. The maximum Gasteiger partial charge on any atom is 0.501 e. The van der Waals surface area contributed by atoms with Crippen LogP contribution in [0.5, 0.6) is 0 Å². The summed E-state index contributed by atoms with van der Waals surface area (Å²) in [4.78, 5) is 0.414. The molecule has 1 saturated heterocycles. The molecule has 1 fully saturated rings. The van der Waals surface area contributed by atoms with E-state index in [4.69, 9.17) is 4.74 Å². The lowest BCUT2D eigenvalue weighted by Gasteiger charge is -2.38. The number of hydrogen-bond donors (Lipinski definition) is 0. The topological polar surface area (TPSA) is 46.6 Å². The van der Waals surface area contributed by atoms with Crippen LogP contribution in [0.4, 0.5) is 23.2 Å². The molecule has 26 heavy (non-hydrogen) atoms. The van der Waals surface area contributed by atoms with E-state index in [1.807, 2.05) is 16.8 Å². The number of halogens is 4. The molecule has 1 aliphatic heterocycles. The van der Waals surface area contributed by atoms with Gasteiger partial charge in [0.05, 0.1) is 11.8 Å². The maximum absolute atomic E-state index is 13.5. The minimum Gasteiger partial charge on any atom is -0.367 e. The van der Waals surface area contributed by atoms with Crippen molar-refractivity contribution in [2.24, 2.45) is 0 Å². The van der Waals surface area contributed by atoms with Crippen molar-refractivity contribution in [3.8, 4) is 0 Å². The van der Waals surface area contributed by atoms with Crippen molar-refractivity contribution in [1.29, 1.82) is 0 Å². The van der Waals surface area contributed by atoms with E-state index in [2.05, 4.69) is 0 Å². The Morgan fingerprint density at radius 2 is 1.96 bits per heavy atom. The summed E-state index contributed by atoms with van der Waals surface area (Å²) in [6.07, 6.45) is -0.767. The first kappa shape index (κ1) is 19.1. The molecule has 0 spiro atoms. The zero-order chi connectivity index (χ0) is 19.1. The Morgan fingerprint density at radius 1 is 1.23 bits per heavy atom. The lowest BCUT2D eigenvalue weighted by Crippen LogP contribution is -2.43. The maximum atomic E-state index is 13.5. The third kappa shape index (κ3) is 3.58. The van der Waals surface area contributed by atoms with Crippen molar-refractivity contribution < 1.29 is 30.7 Å². The first-order chi connectivity index (χ1) is 12.1. The summed E-state index contributed by atoms with van der Waals surface area (Å²) >= 11 is 1.45. The lowest BCUT2D eigenvalue weighted by molar-refractivity contribution is -0.0436. The Labute approximate surface area is 151 Å². The van der Waals surface area contributed by atoms with E-state index in [1.165, 1.54) is 16.2 Å². The molecule has 2 aromatic rings. The molecule has 2 unspecified atom stereocenters. The summed E-state index contributed by atoms with van der Waals surface area (Å²) in [5.41, 5.74) is -4.84. The molecule has 0 bridgehead atoms. The molecule has 0 N–H and O–H groups in total. The highest BCUT2D eigenvalue weighted by molar-refractivity contribution is 7.92. The fourth-order valence-electron chi connectivity index (χ4n) is 2.88. The van der Waals surface area contributed by atoms with Gasteiger partial charge in [0.1, 0.15) is 16.8 Å². The van der Waals surface area contributed by atoms with Gasteiger partial charge in [-0.2, -0.15) is 24.5 Å². The normalized spacial score (nSPS) is 21.8. The minimum atomic E-state index is -5.69. The Bertz CT molecular complexity index is 881. The number of ether oxygens (including phenoxy) is 1. The smallest absolute Gasteiger partial charge is 0.367 e. The second kappa shape index (κ2) is 6.82. The molecule has 142 valence electrons. The number of sulfone groups is 1. The van der Waals surface area contributed by atoms with E-state index in [0.717, 1.165) is 17.7 Å². The summed E-state index contributed by atoms with van der Waals surface area (Å²) in [5.74, 6) is -1.05. The van der Waals surface area contributed by atoms with Crippen LogP contribution in [-0.4, -0.2) is 33.1 Å². The molecule has 4 nitrogen and oxygen atoms in total. The molecule has 0 radical (unpaired) electrons. The summed E-state index contributed by atoms with van der Waals surface area (Å²) < 4.78 is 82.2. The number of benzene rings is 1. The third-order valence-electron chi connectivity index (χ3n) is 4.03. The van der Waals surface area contributed by atoms with Crippen molar-refractivity contribution in [3.05, 3.63) is 46.4 Å². The predicted molar refractivity (Wildman–Crippen MR) is 89.5 cm³/mol. The minimum absolute atomic E-state index is 0.160. The van der Waals surface area contributed by atoms with Gasteiger partial charge in [-0.05, 0) is 47.5 Å². The van der Waals surface area contributed by atoms with Crippen LogP contribution in [0, 0.1) is 5.82 Å². The summed E-state index contributed by atoms with van der Waals surface area (Å²) in [6, 6.07) is 4.27. The Balaban J connectivity index is 2.04. The van der Waals surface area contributed by atoms with Crippen molar-refractivity contribution in [2.45, 2.75) is 29.5 Å². The second-order valence-corrected chi connectivity index (χ2v) is 8.65. The number of hydrogen-bond acceptors (Lipinski definition) is 5. The average molecular weight is 409 g/mol. The highest BCUT2D eigenvalue weighted by Gasteiger charge is 2.49. The second-order valence-electron chi connectivity index (χ2n) is 5.96. The summed E-state index contributed by atoms with van der Waals surface area (Å²) in [6.45, 7) is 2.09. The largest absolute Gasteiger partial charge is 0.501 e. The summed E-state index contributed by atoms with van der Waals surface area (Å²) in [7, 11) is -5.69. The third-order valence-corrected chi connectivity index (χ3v) is 6.25. The fraction of sp³-hybridized carbons (Fsp3) is 0.375. The van der Waals surface area contributed by atoms with Crippen molar-refractivity contribution in [3.63, 3.8) is 0 Å². The van der Waals surface area contributed by atoms with Gasteiger partial charge in [-0.3, -0.25) is 0 Å². The van der Waals surface area contributed by atoms with E-state index >= 15 is 0 Å². The van der Waals surface area contributed by atoms with Crippen molar-refractivity contribution >= 4 is 26.9 Å². The predicted octanol–water partition coefficient (Wildman–Crippen LogP) is 4.15. The number of morpholine rings is 1. The van der Waals surface area contributed by atoms with Gasteiger partial charge in [0.15, 0.2) is 0 Å². The Morgan fingerprint density at radius 3 is 2.58 bits per heavy atom. The van der Waals surface area contributed by atoms with Crippen molar-refractivity contribution in [2.75, 3.05) is 18.0 Å². The molecular formula is C16H15F4NO3S2. The van der Waals surface area contributed by atoms with E-state index < -0.39 is 32.2 Å². The van der Waals surface area contributed by atoms with Crippen LogP contribution in [0.15, 0.2) is 39.9 Å². The fourth-order valence-corrected chi connectivity index (χ4v) is 4.57. The Hall–Kier alpha value is -1.65. The summed E-state index contributed by atoms with van der Waals surface area (Å²) in [5, 5.41) is 3.71. The van der Waals surface area contributed by atoms with Crippen LogP contribution in [0.2, 0.25) is 0 Å². The monoisotopic (exact) mass is 409 g/mol. The van der Waals surface area contributed by atoms with Crippen LogP contribution >= 0.6 is 11.3 Å². The van der Waals surface area contributed by atoms with Gasteiger partial charge in [-0.1, -0.05) is 0 Å². The molecule has 0 saturated carbocycles. The zero-order valence-corrected chi connectivity index (χ0v) is 15.2. The van der Waals surface area contributed by atoms with Gasteiger partial charge in [0.25, 0.3) is 9.84 Å². The van der Waals surface area contributed by atoms with Gasteiger partial charge in [0, 0.05) is 13.1 Å². The highest BCUT2D eigenvalue weighted by atomic mass is 32.2. The number of alkyl halides is 3. The van der Waals surface area contributed by atoms with Gasteiger partial charge >= 0.3 is 5.51 Å². The van der Waals surface area contributed by atoms with Crippen LogP contribution in [0.1, 0.15) is 18.6 Å². The molecule has 2 atom stereocenters. The van der Waals surface area contributed by atoms with Gasteiger partial charge in [-0.25, -0.2) is 12.8 Å². The van der Waals surface area contributed by atoms with Crippen molar-refractivity contribution in [1.82, 2.24) is 0 Å². The molecule has 2 heterocycles. The molecule has 0 aliphatic carbocycles. The standard InChI is InChI=1S/C16H15F4NO3S2/c1-10-7-21(8-14(24-10)11-4-5-25-9-11)13-3-2-12(17)6-15(13)26(22,23)16(18,19)20/h2-6,9-10,14H,7-8H2,1H3. The zero-order valence-electron chi connectivity index (χ0n) is 13.5. The lowest BCUT2D eigenvalue weighted by atomic mass is 10.1. The average Bonchev–Trinajstić information content (AvgIpc) is 3.07. The SMILES string of the molecule is CC1CN(c2ccc(F)cc2S(=O)(=O)C(F)(F)F)CC(c2ccsc2)O1. The van der Waals surface area contributed by atoms with Gasteiger partial charge in [-0.15, -0.1) is 0 Å². The number of thiophene rings is 1. The van der Waals surface area contributed by atoms with E-state index in [-0.39, 0.29) is 24.9 Å². The molecule has 1 aromatic carbocycles. The Kier molecular flexibility index (Phi) is 5.02. The highest BCUT2D eigenvalue weighted by Crippen LogP contribution is 2.38. The number of anilines is 1. The first-order valence-corrected chi connectivity index (χ1v) is 10.1. The first-order valence-electron chi connectivity index (χ1n) is 7.63. The van der Waals surface area contributed by atoms with E-state index in [0.29, 0.717) is 6.07 Å². The van der Waals surface area contributed by atoms with Gasteiger partial charge < -0.3 is 9.64 Å². The van der Waals surface area contributed by atoms with E-state index in [1.54, 1.807) is 6.92 Å². The van der Waals surface area contributed by atoms with Crippen LogP contribution < -0.4 is 4.90 Å². The van der Waals surface area contributed by atoms with Gasteiger partial charge in [0.2, 0.25) is 0 Å². The molecular weight excluding hydrogens is 394 g/mol.